The molecule has 0 unspecified atom stereocenters. The van der Waals surface area contributed by atoms with Crippen molar-refractivity contribution in [3.8, 4) is 28.6 Å². The van der Waals surface area contributed by atoms with Gasteiger partial charge in [0.25, 0.3) is 0 Å². The summed E-state index contributed by atoms with van der Waals surface area (Å²) in [6.45, 7) is 2.00. The fourth-order valence-electron chi connectivity index (χ4n) is 3.00. The Bertz CT molecular complexity index is 1330. The van der Waals surface area contributed by atoms with Gasteiger partial charge in [-0.15, -0.1) is 15.3 Å². The minimum atomic E-state index is -0.235. The predicted molar refractivity (Wildman–Crippen MR) is 104 cm³/mol. The highest BCUT2D eigenvalue weighted by Gasteiger charge is 2.14. The van der Waals surface area contributed by atoms with Crippen LogP contribution in [0.4, 0.5) is 0 Å². The summed E-state index contributed by atoms with van der Waals surface area (Å²) < 4.78 is 8.66. The van der Waals surface area contributed by atoms with Gasteiger partial charge in [-0.05, 0) is 43.3 Å². The van der Waals surface area contributed by atoms with Gasteiger partial charge in [0.2, 0.25) is 11.8 Å². The number of fused-ring (bicyclic) bond motifs is 1. The molecule has 0 N–H and O–H groups in total. The first-order valence-corrected chi connectivity index (χ1v) is 8.77. The van der Waals surface area contributed by atoms with Gasteiger partial charge in [-0.1, -0.05) is 35.9 Å². The fourth-order valence-corrected chi connectivity index (χ4v) is 3.00. The first-order chi connectivity index (χ1) is 13.7. The Morgan fingerprint density at radius 2 is 1.57 bits per heavy atom. The Labute approximate surface area is 159 Å². The van der Waals surface area contributed by atoms with Crippen molar-refractivity contribution < 1.29 is 4.42 Å². The SMILES string of the molecule is Cc1ccc(-n2nc3cc(-c4nnc(-c5ccccc5)o4)ccn3c2=O)cc1. The second kappa shape index (κ2) is 6.31. The van der Waals surface area contributed by atoms with Crippen LogP contribution in [0.25, 0.3) is 34.2 Å². The van der Waals surface area contributed by atoms with Crippen molar-refractivity contribution in [3.05, 3.63) is 89.0 Å². The van der Waals surface area contributed by atoms with E-state index in [1.165, 1.54) is 9.08 Å². The van der Waals surface area contributed by atoms with Gasteiger partial charge in [0.1, 0.15) is 0 Å². The largest absolute Gasteiger partial charge is 0.416 e. The Morgan fingerprint density at radius 3 is 2.32 bits per heavy atom. The molecule has 0 amide bonds. The van der Waals surface area contributed by atoms with Crippen molar-refractivity contribution in [2.45, 2.75) is 6.92 Å². The lowest BCUT2D eigenvalue weighted by Gasteiger charge is -1.98. The molecule has 3 heterocycles. The van der Waals surface area contributed by atoms with Crippen LogP contribution in [0.5, 0.6) is 0 Å². The van der Waals surface area contributed by atoms with Gasteiger partial charge in [-0.2, -0.15) is 4.68 Å². The molecule has 3 aromatic heterocycles. The van der Waals surface area contributed by atoms with E-state index in [0.29, 0.717) is 28.7 Å². The predicted octanol–water partition coefficient (Wildman–Crippen LogP) is 3.51. The van der Waals surface area contributed by atoms with Crippen LogP contribution in [0, 0.1) is 6.92 Å². The molecule has 0 atom stereocenters. The zero-order valence-electron chi connectivity index (χ0n) is 15.0. The van der Waals surface area contributed by atoms with E-state index in [1.807, 2.05) is 61.5 Å². The van der Waals surface area contributed by atoms with Gasteiger partial charge in [-0.25, -0.2) is 9.20 Å². The molecule has 0 saturated carbocycles. The van der Waals surface area contributed by atoms with Crippen LogP contribution in [0.1, 0.15) is 5.56 Å². The van der Waals surface area contributed by atoms with Gasteiger partial charge < -0.3 is 4.42 Å². The molecule has 2 aromatic carbocycles. The average molecular weight is 369 g/mol. The van der Waals surface area contributed by atoms with Crippen LogP contribution in [0.2, 0.25) is 0 Å². The summed E-state index contributed by atoms with van der Waals surface area (Å²) in [5.74, 6) is 0.816. The van der Waals surface area contributed by atoms with Crippen LogP contribution in [-0.2, 0) is 0 Å². The smallest absolute Gasteiger partial charge is 0.355 e. The minimum absolute atomic E-state index is 0.235. The maximum absolute atomic E-state index is 12.7. The topological polar surface area (TPSA) is 78.2 Å². The van der Waals surface area contributed by atoms with E-state index in [1.54, 1.807) is 18.3 Å². The highest BCUT2D eigenvalue weighted by atomic mass is 16.4. The molecule has 0 fully saturated rings. The number of nitrogens with zero attached hydrogens (tertiary/aromatic N) is 5. The number of rotatable bonds is 3. The van der Waals surface area contributed by atoms with Crippen LogP contribution < -0.4 is 5.69 Å². The lowest BCUT2D eigenvalue weighted by atomic mass is 10.2. The number of hydrogen-bond donors (Lipinski definition) is 0. The third-order valence-corrected chi connectivity index (χ3v) is 4.50. The Kier molecular flexibility index (Phi) is 3.65. The van der Waals surface area contributed by atoms with E-state index < -0.39 is 0 Å². The van der Waals surface area contributed by atoms with Gasteiger partial charge in [0.05, 0.1) is 5.69 Å². The van der Waals surface area contributed by atoms with Crippen LogP contribution in [-0.4, -0.2) is 24.4 Å². The third-order valence-electron chi connectivity index (χ3n) is 4.50. The van der Waals surface area contributed by atoms with Gasteiger partial charge >= 0.3 is 5.69 Å². The maximum Gasteiger partial charge on any atom is 0.355 e. The molecule has 136 valence electrons. The number of aromatic nitrogens is 5. The lowest BCUT2D eigenvalue weighted by molar-refractivity contribution is 0.584. The van der Waals surface area contributed by atoms with Crippen molar-refractivity contribution >= 4 is 5.65 Å². The van der Waals surface area contributed by atoms with E-state index in [-0.39, 0.29) is 5.69 Å². The van der Waals surface area contributed by atoms with E-state index in [0.717, 1.165) is 11.1 Å². The lowest BCUT2D eigenvalue weighted by Crippen LogP contribution is -2.19. The fraction of sp³-hybridized carbons (Fsp3) is 0.0476. The normalized spacial score (nSPS) is 11.2. The van der Waals surface area contributed by atoms with Crippen molar-refractivity contribution in [2.24, 2.45) is 0 Å². The molecule has 0 aliphatic carbocycles. The Hall–Kier alpha value is -4.00. The monoisotopic (exact) mass is 369 g/mol. The van der Waals surface area contributed by atoms with Crippen molar-refractivity contribution in [3.63, 3.8) is 0 Å². The molecule has 28 heavy (non-hydrogen) atoms. The number of pyridine rings is 1. The highest BCUT2D eigenvalue weighted by Crippen LogP contribution is 2.24. The summed E-state index contributed by atoms with van der Waals surface area (Å²) >= 11 is 0. The quantitative estimate of drug-likeness (QED) is 0.486. The first-order valence-electron chi connectivity index (χ1n) is 8.77. The summed E-state index contributed by atoms with van der Waals surface area (Å²) in [6, 6.07) is 20.7. The molecule has 5 aromatic rings. The average Bonchev–Trinajstić information content (AvgIpc) is 3.35. The molecule has 0 aliphatic rings. The summed E-state index contributed by atoms with van der Waals surface area (Å²) in [7, 11) is 0. The minimum Gasteiger partial charge on any atom is -0.416 e. The maximum atomic E-state index is 12.7. The summed E-state index contributed by atoms with van der Waals surface area (Å²) in [5.41, 5.74) is 3.65. The molecule has 0 bridgehead atoms. The molecular formula is C21H15N5O2. The van der Waals surface area contributed by atoms with E-state index in [2.05, 4.69) is 15.3 Å². The molecule has 7 nitrogen and oxygen atoms in total. The second-order valence-corrected chi connectivity index (χ2v) is 6.45. The van der Waals surface area contributed by atoms with E-state index >= 15 is 0 Å². The first kappa shape index (κ1) is 16.2. The van der Waals surface area contributed by atoms with Crippen LogP contribution >= 0.6 is 0 Å². The molecule has 0 saturated heterocycles. The van der Waals surface area contributed by atoms with Crippen molar-refractivity contribution in [2.75, 3.05) is 0 Å². The highest BCUT2D eigenvalue weighted by molar-refractivity contribution is 5.61. The molecule has 0 aliphatic heterocycles. The summed E-state index contributed by atoms with van der Waals surface area (Å²) in [5, 5.41) is 12.7. The third kappa shape index (κ3) is 2.69. The molecule has 7 heteroatoms. The Balaban J connectivity index is 1.56. The molecule has 5 rings (SSSR count). The summed E-state index contributed by atoms with van der Waals surface area (Å²) in [6.07, 6.45) is 1.66. The van der Waals surface area contributed by atoms with Crippen LogP contribution in [0.15, 0.2) is 82.1 Å². The van der Waals surface area contributed by atoms with E-state index in [9.17, 15) is 4.79 Å². The summed E-state index contributed by atoms with van der Waals surface area (Å²) in [4.78, 5) is 12.7. The van der Waals surface area contributed by atoms with Crippen molar-refractivity contribution in [1.29, 1.82) is 0 Å². The number of hydrogen-bond acceptors (Lipinski definition) is 5. The van der Waals surface area contributed by atoms with E-state index in [4.69, 9.17) is 4.42 Å². The zero-order valence-corrected chi connectivity index (χ0v) is 15.0. The van der Waals surface area contributed by atoms with Crippen molar-refractivity contribution in [1.82, 2.24) is 24.4 Å². The second-order valence-electron chi connectivity index (χ2n) is 6.45. The Morgan fingerprint density at radius 1 is 0.857 bits per heavy atom. The standard InChI is InChI=1S/C21H15N5O2/c1-14-7-9-17(10-8-14)26-21(27)25-12-11-16(13-18(25)24-26)20-23-22-19(28-20)15-5-3-2-4-6-15/h2-13H,1H3. The molecular weight excluding hydrogens is 354 g/mol. The number of aryl methyl sites for hydroxylation is 1. The van der Waals surface area contributed by atoms with Gasteiger partial charge in [0.15, 0.2) is 5.65 Å². The van der Waals surface area contributed by atoms with Crippen LogP contribution in [0.3, 0.4) is 0 Å². The van der Waals surface area contributed by atoms with Gasteiger partial charge in [0, 0.05) is 17.3 Å². The molecule has 0 radical (unpaired) electrons. The van der Waals surface area contributed by atoms with Gasteiger partial charge in [-0.3, -0.25) is 0 Å². The number of benzene rings is 2. The molecule has 0 spiro atoms. The zero-order chi connectivity index (χ0) is 19.1.